The zero-order valence-corrected chi connectivity index (χ0v) is 19.7. The average Bonchev–Trinajstić information content (AvgIpc) is 3.35. The van der Waals surface area contributed by atoms with Gasteiger partial charge in [0.1, 0.15) is 18.4 Å². The van der Waals surface area contributed by atoms with Gasteiger partial charge in [0.2, 0.25) is 11.8 Å². The number of aryl methyl sites for hydroxylation is 1. The van der Waals surface area contributed by atoms with E-state index in [-0.39, 0.29) is 41.9 Å². The molecule has 9 heteroatoms. The fourth-order valence-corrected chi connectivity index (χ4v) is 4.41. The van der Waals surface area contributed by atoms with E-state index >= 15 is 0 Å². The van der Waals surface area contributed by atoms with E-state index in [9.17, 15) is 18.8 Å². The number of carbonyl (C=O) groups is 3. The highest BCUT2D eigenvalue weighted by atomic mass is 35.5. The first-order chi connectivity index (χ1) is 16.2. The Morgan fingerprint density at radius 1 is 1.32 bits per heavy atom. The number of ketones is 1. The number of benzene rings is 1. The molecule has 0 unspecified atom stereocenters. The second-order valence-electron chi connectivity index (χ2n) is 8.49. The summed E-state index contributed by atoms with van der Waals surface area (Å²) >= 11 is 5.81. The first kappa shape index (κ1) is 23.6. The Morgan fingerprint density at radius 3 is 2.82 bits per heavy atom. The van der Waals surface area contributed by atoms with Crippen molar-refractivity contribution in [1.29, 1.82) is 0 Å². The van der Waals surface area contributed by atoms with Crippen molar-refractivity contribution in [2.45, 2.75) is 39.4 Å². The first-order valence-corrected chi connectivity index (χ1v) is 11.2. The highest BCUT2D eigenvalue weighted by molar-refractivity contribution is 6.30. The SMILES string of the molecule is C=C1C[C@@H](C(=O)NCc2cccc(Cl)c2F)N(C(=O)Cn2cc(C(C)=O)c3cc(C)ncc32)C1. The van der Waals surface area contributed by atoms with Gasteiger partial charge in [0.05, 0.1) is 16.7 Å². The Balaban J connectivity index is 1.52. The minimum absolute atomic E-state index is 0.0219. The van der Waals surface area contributed by atoms with Crippen molar-refractivity contribution in [1.82, 2.24) is 19.8 Å². The van der Waals surface area contributed by atoms with Crippen molar-refractivity contribution < 1.29 is 18.8 Å². The quantitative estimate of drug-likeness (QED) is 0.427. The Labute approximate surface area is 201 Å². The Morgan fingerprint density at radius 2 is 2.09 bits per heavy atom. The summed E-state index contributed by atoms with van der Waals surface area (Å²) < 4.78 is 15.8. The maximum absolute atomic E-state index is 14.2. The Hall–Kier alpha value is -3.52. The summed E-state index contributed by atoms with van der Waals surface area (Å²) in [7, 11) is 0. The van der Waals surface area contributed by atoms with Gasteiger partial charge in [-0.15, -0.1) is 0 Å². The van der Waals surface area contributed by atoms with Crippen LogP contribution in [0.15, 0.2) is 48.8 Å². The maximum atomic E-state index is 14.2. The summed E-state index contributed by atoms with van der Waals surface area (Å²) in [6.07, 6.45) is 3.60. The summed E-state index contributed by atoms with van der Waals surface area (Å²) in [6.45, 7) is 7.39. The first-order valence-electron chi connectivity index (χ1n) is 10.8. The lowest BCUT2D eigenvalue weighted by Crippen LogP contribution is -2.46. The van der Waals surface area contributed by atoms with E-state index in [4.69, 9.17) is 11.6 Å². The molecule has 1 N–H and O–H groups in total. The largest absolute Gasteiger partial charge is 0.350 e. The molecule has 2 aromatic heterocycles. The third-order valence-electron chi connectivity index (χ3n) is 5.95. The van der Waals surface area contributed by atoms with Crippen LogP contribution in [-0.4, -0.2) is 44.6 Å². The Kier molecular flexibility index (Phi) is 6.52. The number of hydrogen-bond donors (Lipinski definition) is 1. The van der Waals surface area contributed by atoms with Gasteiger partial charge in [0.15, 0.2) is 5.78 Å². The summed E-state index contributed by atoms with van der Waals surface area (Å²) in [5.41, 5.74) is 2.95. The number of likely N-dealkylation sites (tertiary alicyclic amines) is 1. The average molecular weight is 483 g/mol. The van der Waals surface area contributed by atoms with Crippen molar-refractivity contribution in [3.05, 3.63) is 76.5 Å². The molecule has 3 heterocycles. The van der Waals surface area contributed by atoms with Gasteiger partial charge in [-0.3, -0.25) is 19.4 Å². The van der Waals surface area contributed by atoms with Crippen LogP contribution in [0.5, 0.6) is 0 Å². The van der Waals surface area contributed by atoms with Crippen LogP contribution in [-0.2, 0) is 22.7 Å². The van der Waals surface area contributed by atoms with Crippen LogP contribution < -0.4 is 5.32 Å². The van der Waals surface area contributed by atoms with Crippen LogP contribution >= 0.6 is 11.6 Å². The normalized spacial score (nSPS) is 15.7. The molecule has 1 aliphatic rings. The predicted molar refractivity (Wildman–Crippen MR) is 127 cm³/mol. The highest BCUT2D eigenvalue weighted by Gasteiger charge is 2.36. The minimum Gasteiger partial charge on any atom is -0.350 e. The molecule has 0 spiro atoms. The van der Waals surface area contributed by atoms with E-state index in [1.807, 2.05) is 13.0 Å². The van der Waals surface area contributed by atoms with Crippen LogP contribution in [0, 0.1) is 12.7 Å². The number of fused-ring (bicyclic) bond motifs is 1. The number of halogens is 2. The molecule has 1 aliphatic heterocycles. The number of hydrogen-bond acceptors (Lipinski definition) is 4. The van der Waals surface area contributed by atoms with Gasteiger partial charge in [-0.25, -0.2) is 4.39 Å². The summed E-state index contributed by atoms with van der Waals surface area (Å²) in [5, 5.41) is 3.41. The second kappa shape index (κ2) is 9.38. The molecule has 1 aromatic carbocycles. The zero-order valence-electron chi connectivity index (χ0n) is 18.9. The molecule has 2 amide bonds. The number of rotatable bonds is 6. The standard InChI is InChI=1S/C25H24ClFN4O3/c1-14-7-21(25(34)29-9-17-5-4-6-20(26)24(17)27)31(11-14)23(33)13-30-12-19(16(3)32)18-8-15(2)28-10-22(18)30/h4-6,8,10,12,21H,1,7,9,11,13H2,2-3H3,(H,29,34)/t21-/m0/s1. The number of aromatic nitrogens is 2. The molecule has 0 radical (unpaired) electrons. The number of nitrogens with zero attached hydrogens (tertiary/aromatic N) is 3. The molecule has 7 nitrogen and oxygen atoms in total. The van der Waals surface area contributed by atoms with Crippen molar-refractivity contribution in [3.63, 3.8) is 0 Å². The molecule has 0 saturated carbocycles. The van der Waals surface area contributed by atoms with Crippen LogP contribution in [0.3, 0.4) is 0 Å². The van der Waals surface area contributed by atoms with E-state index in [1.54, 1.807) is 23.0 Å². The molecule has 3 aromatic rings. The number of pyridine rings is 1. The molecule has 0 aliphatic carbocycles. The van der Waals surface area contributed by atoms with E-state index in [1.165, 1.54) is 24.0 Å². The monoisotopic (exact) mass is 482 g/mol. The number of amides is 2. The second-order valence-corrected chi connectivity index (χ2v) is 8.90. The van der Waals surface area contributed by atoms with Gasteiger partial charge in [0.25, 0.3) is 0 Å². The number of Topliss-reactive ketones (excluding diaryl/α,β-unsaturated/α-hetero) is 1. The van der Waals surface area contributed by atoms with E-state index in [2.05, 4.69) is 16.9 Å². The van der Waals surface area contributed by atoms with Gasteiger partial charge in [-0.05, 0) is 32.4 Å². The fourth-order valence-electron chi connectivity index (χ4n) is 4.22. The molecule has 176 valence electrons. The van der Waals surface area contributed by atoms with E-state index in [0.29, 0.717) is 17.5 Å². The van der Waals surface area contributed by atoms with Crippen LogP contribution in [0.2, 0.25) is 5.02 Å². The van der Waals surface area contributed by atoms with Crippen molar-refractivity contribution in [3.8, 4) is 0 Å². The van der Waals surface area contributed by atoms with Gasteiger partial charge in [-0.2, -0.15) is 0 Å². The van der Waals surface area contributed by atoms with Crippen LogP contribution in [0.1, 0.15) is 35.0 Å². The molecule has 4 rings (SSSR count). The zero-order chi connectivity index (χ0) is 24.6. The summed E-state index contributed by atoms with van der Waals surface area (Å²) in [5.74, 6) is -1.38. The minimum atomic E-state index is -0.753. The van der Waals surface area contributed by atoms with E-state index in [0.717, 1.165) is 16.7 Å². The number of nitrogens with one attached hydrogen (secondary N) is 1. The highest BCUT2D eigenvalue weighted by Crippen LogP contribution is 2.25. The van der Waals surface area contributed by atoms with Crippen molar-refractivity contribution in [2.75, 3.05) is 6.54 Å². The molecule has 0 bridgehead atoms. The molecule has 1 fully saturated rings. The molecule has 1 atom stereocenters. The Bertz CT molecular complexity index is 1330. The smallest absolute Gasteiger partial charge is 0.243 e. The topological polar surface area (TPSA) is 84.3 Å². The third kappa shape index (κ3) is 4.59. The fraction of sp³-hybridized carbons (Fsp3) is 0.280. The maximum Gasteiger partial charge on any atom is 0.243 e. The molecule has 1 saturated heterocycles. The molecular weight excluding hydrogens is 459 g/mol. The lowest BCUT2D eigenvalue weighted by molar-refractivity contribution is -0.138. The lowest BCUT2D eigenvalue weighted by atomic mass is 10.1. The predicted octanol–water partition coefficient (Wildman–Crippen LogP) is 3.81. The third-order valence-corrected chi connectivity index (χ3v) is 6.24. The van der Waals surface area contributed by atoms with Crippen LogP contribution in [0.4, 0.5) is 4.39 Å². The number of carbonyl (C=O) groups excluding carboxylic acids is 3. The van der Waals surface area contributed by atoms with Crippen molar-refractivity contribution >= 4 is 40.1 Å². The van der Waals surface area contributed by atoms with Crippen molar-refractivity contribution in [2.24, 2.45) is 0 Å². The van der Waals surface area contributed by atoms with E-state index < -0.39 is 17.8 Å². The van der Waals surface area contributed by atoms with Gasteiger partial charge >= 0.3 is 0 Å². The molecular formula is C25H24ClFN4O3. The van der Waals surface area contributed by atoms with Crippen LogP contribution in [0.25, 0.3) is 10.9 Å². The van der Waals surface area contributed by atoms with Gasteiger partial charge in [0, 0.05) is 41.5 Å². The lowest BCUT2D eigenvalue weighted by Gasteiger charge is -2.24. The van der Waals surface area contributed by atoms with Gasteiger partial charge in [-0.1, -0.05) is 35.9 Å². The molecule has 34 heavy (non-hydrogen) atoms. The summed E-state index contributed by atoms with van der Waals surface area (Å²) in [6, 6.07) is 5.64. The summed E-state index contributed by atoms with van der Waals surface area (Å²) in [4.78, 5) is 44.0. The van der Waals surface area contributed by atoms with Gasteiger partial charge < -0.3 is 14.8 Å².